The number of anilines is 2. The fraction of sp³-hybridized carbons (Fsp3) is 0.333. The summed E-state index contributed by atoms with van der Waals surface area (Å²) in [7, 11) is 1.78. The average Bonchev–Trinajstić information content (AvgIpc) is 3.02. The molecule has 0 saturated carbocycles. The Morgan fingerprint density at radius 2 is 1.90 bits per heavy atom. The maximum Gasteiger partial charge on any atom is 0.151 e. The molecule has 1 saturated heterocycles. The number of hydrogen-bond donors (Lipinski definition) is 2. The van der Waals surface area contributed by atoms with Crippen molar-refractivity contribution in [3.8, 4) is 17.0 Å². The van der Waals surface area contributed by atoms with Gasteiger partial charge >= 0.3 is 0 Å². The number of nitrogens with one attached hydrogen (secondary N) is 1. The lowest BCUT2D eigenvalue weighted by molar-refractivity contribution is 0.477. The summed E-state index contributed by atoms with van der Waals surface area (Å²) < 4.78 is 0. The van der Waals surface area contributed by atoms with Crippen LogP contribution in [0.25, 0.3) is 11.3 Å². The van der Waals surface area contributed by atoms with Gasteiger partial charge in [-0.2, -0.15) is 0 Å². The van der Waals surface area contributed by atoms with Crippen molar-refractivity contribution in [2.75, 3.05) is 30.4 Å². The molecular weight excluding hydrogens is 252 g/mol. The molecule has 1 aliphatic heterocycles. The topological polar surface area (TPSA) is 61.3 Å². The predicted octanol–water partition coefficient (Wildman–Crippen LogP) is 2.49. The maximum atomic E-state index is 9.66. The highest BCUT2D eigenvalue weighted by molar-refractivity contribution is 5.69. The number of rotatable bonds is 3. The molecule has 0 radical (unpaired) electrons. The molecule has 0 atom stereocenters. The quantitative estimate of drug-likeness (QED) is 0.839. The van der Waals surface area contributed by atoms with Crippen molar-refractivity contribution in [1.82, 2.24) is 10.2 Å². The number of phenolic OH excluding ortho intramolecular Hbond substituents is 1. The second-order valence-electron chi connectivity index (χ2n) is 4.95. The molecule has 1 fully saturated rings. The van der Waals surface area contributed by atoms with Crippen molar-refractivity contribution in [2.24, 2.45) is 0 Å². The van der Waals surface area contributed by atoms with Crippen molar-refractivity contribution in [2.45, 2.75) is 12.8 Å². The molecule has 2 heterocycles. The largest absolute Gasteiger partial charge is 0.506 e. The Morgan fingerprint density at radius 1 is 1.10 bits per heavy atom. The first-order valence-electron chi connectivity index (χ1n) is 6.88. The van der Waals surface area contributed by atoms with Crippen LogP contribution in [-0.4, -0.2) is 35.4 Å². The summed E-state index contributed by atoms with van der Waals surface area (Å²) in [6, 6.07) is 9.37. The second kappa shape index (κ2) is 5.36. The molecule has 2 aromatic rings. The monoisotopic (exact) mass is 270 g/mol. The van der Waals surface area contributed by atoms with E-state index in [-0.39, 0.29) is 5.75 Å². The zero-order chi connectivity index (χ0) is 13.9. The van der Waals surface area contributed by atoms with Crippen molar-refractivity contribution in [3.63, 3.8) is 0 Å². The second-order valence-corrected chi connectivity index (χ2v) is 4.95. The number of aromatic hydroxyl groups is 1. The zero-order valence-corrected chi connectivity index (χ0v) is 11.5. The van der Waals surface area contributed by atoms with E-state index < -0.39 is 0 Å². The van der Waals surface area contributed by atoms with Crippen LogP contribution in [0.3, 0.4) is 0 Å². The van der Waals surface area contributed by atoms with Crippen LogP contribution in [0.4, 0.5) is 11.5 Å². The van der Waals surface area contributed by atoms with Crippen LogP contribution in [0.2, 0.25) is 0 Å². The molecule has 0 spiro atoms. The lowest BCUT2D eigenvalue weighted by atomic mass is 10.1. The van der Waals surface area contributed by atoms with E-state index in [1.54, 1.807) is 13.1 Å². The highest BCUT2D eigenvalue weighted by Gasteiger charge is 2.14. The Labute approximate surface area is 118 Å². The van der Waals surface area contributed by atoms with Crippen LogP contribution in [0.5, 0.6) is 5.75 Å². The van der Waals surface area contributed by atoms with Crippen LogP contribution in [0, 0.1) is 0 Å². The minimum atomic E-state index is 0.234. The number of hydrogen-bond acceptors (Lipinski definition) is 5. The molecule has 2 N–H and O–H groups in total. The molecule has 20 heavy (non-hydrogen) atoms. The Balaban J connectivity index is 1.87. The fourth-order valence-electron chi connectivity index (χ4n) is 2.49. The molecule has 0 bridgehead atoms. The summed E-state index contributed by atoms with van der Waals surface area (Å²) in [6.07, 6.45) is 2.46. The van der Waals surface area contributed by atoms with Gasteiger partial charge in [0.15, 0.2) is 5.82 Å². The molecule has 5 nitrogen and oxygen atoms in total. The highest BCUT2D eigenvalue weighted by Crippen LogP contribution is 2.29. The average molecular weight is 270 g/mol. The van der Waals surface area contributed by atoms with Crippen molar-refractivity contribution < 1.29 is 5.11 Å². The van der Waals surface area contributed by atoms with Crippen LogP contribution in [0.1, 0.15) is 12.8 Å². The van der Waals surface area contributed by atoms with Gasteiger partial charge in [0.1, 0.15) is 5.75 Å². The molecule has 3 rings (SSSR count). The van der Waals surface area contributed by atoms with E-state index in [4.69, 9.17) is 0 Å². The lowest BCUT2D eigenvalue weighted by Gasteiger charge is -2.15. The molecule has 1 aromatic carbocycles. The van der Waals surface area contributed by atoms with Gasteiger partial charge in [-0.1, -0.05) is 0 Å². The van der Waals surface area contributed by atoms with Crippen LogP contribution in [0.15, 0.2) is 30.3 Å². The minimum Gasteiger partial charge on any atom is -0.506 e. The number of benzene rings is 1. The fourth-order valence-corrected chi connectivity index (χ4v) is 2.49. The molecule has 5 heteroatoms. The van der Waals surface area contributed by atoms with Crippen LogP contribution < -0.4 is 10.2 Å². The Morgan fingerprint density at radius 3 is 2.55 bits per heavy atom. The first-order valence-corrected chi connectivity index (χ1v) is 6.88. The van der Waals surface area contributed by atoms with Crippen LogP contribution in [-0.2, 0) is 0 Å². The van der Waals surface area contributed by atoms with Gasteiger partial charge in [0.2, 0.25) is 0 Å². The van der Waals surface area contributed by atoms with Crippen molar-refractivity contribution in [1.29, 1.82) is 0 Å². The van der Waals surface area contributed by atoms with Gasteiger partial charge in [0, 0.05) is 25.7 Å². The van der Waals surface area contributed by atoms with E-state index in [1.165, 1.54) is 12.8 Å². The predicted molar refractivity (Wildman–Crippen MR) is 80.1 cm³/mol. The molecule has 104 valence electrons. The maximum absolute atomic E-state index is 9.66. The standard InChI is InChI=1S/C15H18N4O/c1-16-13-10-11(4-6-14(13)20)12-5-7-15(18-17-12)19-8-2-3-9-19/h4-7,10,16,20H,2-3,8-9H2,1H3. The lowest BCUT2D eigenvalue weighted by Crippen LogP contribution is -2.19. The summed E-state index contributed by atoms with van der Waals surface area (Å²) in [6.45, 7) is 2.13. The Hall–Kier alpha value is -2.30. The van der Waals surface area contributed by atoms with Gasteiger partial charge in [-0.05, 0) is 43.2 Å². The highest BCUT2D eigenvalue weighted by atomic mass is 16.3. The normalized spacial score (nSPS) is 14.6. The third kappa shape index (κ3) is 2.39. The SMILES string of the molecule is CNc1cc(-c2ccc(N3CCCC3)nn2)ccc1O. The van der Waals surface area contributed by atoms with Gasteiger partial charge in [0.05, 0.1) is 11.4 Å². The summed E-state index contributed by atoms with van der Waals surface area (Å²) in [5.41, 5.74) is 2.44. The molecule has 1 aromatic heterocycles. The minimum absolute atomic E-state index is 0.234. The van der Waals surface area contributed by atoms with Gasteiger partial charge in [-0.3, -0.25) is 0 Å². The van der Waals surface area contributed by atoms with Gasteiger partial charge < -0.3 is 15.3 Å². The summed E-state index contributed by atoms with van der Waals surface area (Å²) in [5.74, 6) is 1.18. The Kier molecular flexibility index (Phi) is 3.41. The van der Waals surface area contributed by atoms with E-state index >= 15 is 0 Å². The molecule has 0 amide bonds. The third-order valence-electron chi connectivity index (χ3n) is 3.64. The molecule has 1 aliphatic rings. The number of phenols is 1. The number of aromatic nitrogens is 2. The van der Waals surface area contributed by atoms with Gasteiger partial charge in [-0.25, -0.2) is 0 Å². The van der Waals surface area contributed by atoms with E-state index in [9.17, 15) is 5.11 Å². The van der Waals surface area contributed by atoms with Gasteiger partial charge in [0.25, 0.3) is 0 Å². The molecular formula is C15H18N4O. The summed E-state index contributed by atoms with van der Waals surface area (Å²) in [5, 5.41) is 21.2. The zero-order valence-electron chi connectivity index (χ0n) is 11.5. The molecule has 0 aliphatic carbocycles. The smallest absolute Gasteiger partial charge is 0.151 e. The third-order valence-corrected chi connectivity index (χ3v) is 3.64. The summed E-state index contributed by atoms with van der Waals surface area (Å²) >= 11 is 0. The van der Waals surface area contributed by atoms with Crippen molar-refractivity contribution >= 4 is 11.5 Å². The molecule has 0 unspecified atom stereocenters. The van der Waals surface area contributed by atoms with E-state index in [0.717, 1.165) is 30.2 Å². The van der Waals surface area contributed by atoms with Crippen molar-refractivity contribution in [3.05, 3.63) is 30.3 Å². The first kappa shape index (κ1) is 12.7. The number of nitrogens with zero attached hydrogens (tertiary/aromatic N) is 3. The van der Waals surface area contributed by atoms with E-state index in [0.29, 0.717) is 5.69 Å². The Bertz CT molecular complexity index is 591. The summed E-state index contributed by atoms with van der Waals surface area (Å²) in [4.78, 5) is 2.26. The van der Waals surface area contributed by atoms with Gasteiger partial charge in [-0.15, -0.1) is 10.2 Å². The van der Waals surface area contributed by atoms with E-state index in [2.05, 4.69) is 20.4 Å². The van der Waals surface area contributed by atoms with E-state index in [1.807, 2.05) is 24.3 Å². The first-order chi connectivity index (χ1) is 9.78. The van der Waals surface area contributed by atoms with Crippen LogP contribution >= 0.6 is 0 Å².